The minimum Gasteiger partial charge on any atom is -0.426 e. The van der Waals surface area contributed by atoms with Crippen LogP contribution in [0.15, 0.2) is 29.8 Å². The van der Waals surface area contributed by atoms with Crippen LogP contribution in [-0.2, 0) is 9.59 Å². The molecule has 4 heteroatoms. The Labute approximate surface area is 124 Å². The molecule has 0 saturated carbocycles. The Morgan fingerprint density at radius 3 is 2.14 bits per heavy atom. The average Bonchev–Trinajstić information content (AvgIpc) is 2.37. The molecule has 21 heavy (non-hydrogen) atoms. The molecule has 0 aliphatic heterocycles. The van der Waals surface area contributed by atoms with E-state index in [0.717, 1.165) is 24.8 Å². The molecule has 0 aromatic heterocycles. The third-order valence-corrected chi connectivity index (χ3v) is 3.48. The largest absolute Gasteiger partial charge is 0.426 e. The number of benzene rings is 1. The summed E-state index contributed by atoms with van der Waals surface area (Å²) in [4.78, 5) is 22.6. The molecule has 0 bridgehead atoms. The van der Waals surface area contributed by atoms with Crippen molar-refractivity contribution in [2.24, 2.45) is 0 Å². The Kier molecular flexibility index (Phi) is 4.78. The van der Waals surface area contributed by atoms with Gasteiger partial charge < -0.3 is 9.47 Å². The van der Waals surface area contributed by atoms with Crippen molar-refractivity contribution in [3.63, 3.8) is 0 Å². The van der Waals surface area contributed by atoms with Gasteiger partial charge in [-0.05, 0) is 38.3 Å². The maximum Gasteiger partial charge on any atom is 0.308 e. The summed E-state index contributed by atoms with van der Waals surface area (Å²) in [7, 11) is 0. The lowest BCUT2D eigenvalue weighted by atomic mass is 9.85. The quantitative estimate of drug-likeness (QED) is 0.483. The summed E-state index contributed by atoms with van der Waals surface area (Å²) >= 11 is 0. The van der Waals surface area contributed by atoms with Crippen LogP contribution in [0.3, 0.4) is 0 Å². The van der Waals surface area contributed by atoms with Crippen molar-refractivity contribution in [2.45, 2.75) is 46.0 Å². The van der Waals surface area contributed by atoms with Crippen LogP contribution >= 0.6 is 0 Å². The minimum atomic E-state index is -0.382. The molecule has 1 aromatic carbocycles. The molecule has 4 nitrogen and oxygen atoms in total. The Bertz CT molecular complexity index is 552. The second-order valence-corrected chi connectivity index (χ2v) is 5.37. The molecule has 0 heterocycles. The fourth-order valence-electron chi connectivity index (χ4n) is 2.72. The number of hydrogen-bond donors (Lipinski definition) is 0. The lowest BCUT2D eigenvalue weighted by Gasteiger charge is -2.23. The van der Waals surface area contributed by atoms with Gasteiger partial charge in [0.2, 0.25) is 0 Å². The van der Waals surface area contributed by atoms with Crippen LogP contribution in [-0.4, -0.2) is 11.9 Å². The molecule has 112 valence electrons. The number of hydrogen-bond acceptors (Lipinski definition) is 4. The molecule has 1 aromatic rings. The van der Waals surface area contributed by atoms with Crippen molar-refractivity contribution < 1.29 is 19.1 Å². The van der Waals surface area contributed by atoms with Gasteiger partial charge in [-0.25, -0.2) is 0 Å². The highest BCUT2D eigenvalue weighted by molar-refractivity contribution is 5.73. The monoisotopic (exact) mass is 288 g/mol. The zero-order chi connectivity index (χ0) is 15.4. The van der Waals surface area contributed by atoms with Crippen LogP contribution in [0.2, 0.25) is 0 Å². The van der Waals surface area contributed by atoms with E-state index in [1.807, 2.05) is 0 Å². The SMILES string of the molecule is CC(=O)Oc1cccc(OC(C)=O)c1C1C=C(C)CCC1. The molecular weight excluding hydrogens is 268 g/mol. The van der Waals surface area contributed by atoms with Crippen molar-refractivity contribution in [1.82, 2.24) is 0 Å². The molecule has 0 N–H and O–H groups in total. The summed E-state index contributed by atoms with van der Waals surface area (Å²) in [5.41, 5.74) is 2.08. The smallest absolute Gasteiger partial charge is 0.308 e. The Morgan fingerprint density at radius 2 is 1.67 bits per heavy atom. The summed E-state index contributed by atoms with van der Waals surface area (Å²) in [6.45, 7) is 4.82. The molecule has 0 saturated heterocycles. The number of rotatable bonds is 3. The number of ether oxygens (including phenoxy) is 2. The van der Waals surface area contributed by atoms with Gasteiger partial charge in [0.1, 0.15) is 11.5 Å². The van der Waals surface area contributed by atoms with Gasteiger partial charge in [-0.15, -0.1) is 0 Å². The Balaban J connectivity index is 2.49. The van der Waals surface area contributed by atoms with Gasteiger partial charge in [-0.2, -0.15) is 0 Å². The van der Waals surface area contributed by atoms with Gasteiger partial charge in [-0.1, -0.05) is 17.7 Å². The fraction of sp³-hybridized carbons (Fsp3) is 0.412. The molecule has 0 amide bonds. The van der Waals surface area contributed by atoms with E-state index in [-0.39, 0.29) is 17.9 Å². The first-order valence-electron chi connectivity index (χ1n) is 7.14. The van der Waals surface area contributed by atoms with E-state index in [1.54, 1.807) is 18.2 Å². The number of carbonyl (C=O) groups excluding carboxylic acids is 2. The Hall–Kier alpha value is -2.10. The lowest BCUT2D eigenvalue weighted by Crippen LogP contribution is -2.12. The maximum atomic E-state index is 11.3. The average molecular weight is 288 g/mol. The van der Waals surface area contributed by atoms with Gasteiger partial charge in [0.15, 0.2) is 0 Å². The first kappa shape index (κ1) is 15.3. The fourth-order valence-corrected chi connectivity index (χ4v) is 2.72. The highest BCUT2D eigenvalue weighted by Gasteiger charge is 2.23. The van der Waals surface area contributed by atoms with Crippen LogP contribution in [0.4, 0.5) is 0 Å². The zero-order valence-corrected chi connectivity index (χ0v) is 12.6. The first-order valence-corrected chi connectivity index (χ1v) is 7.14. The highest BCUT2D eigenvalue weighted by atomic mass is 16.5. The second kappa shape index (κ2) is 6.57. The van der Waals surface area contributed by atoms with Crippen molar-refractivity contribution >= 4 is 11.9 Å². The van der Waals surface area contributed by atoms with Crippen molar-refractivity contribution in [2.75, 3.05) is 0 Å². The van der Waals surface area contributed by atoms with Gasteiger partial charge >= 0.3 is 11.9 Å². The number of esters is 2. The molecule has 1 unspecified atom stereocenters. The molecule has 1 aliphatic carbocycles. The molecule has 1 aliphatic rings. The van der Waals surface area contributed by atoms with Gasteiger partial charge in [-0.3, -0.25) is 9.59 Å². The van der Waals surface area contributed by atoms with Gasteiger partial charge in [0.25, 0.3) is 0 Å². The van der Waals surface area contributed by atoms with Crippen molar-refractivity contribution in [3.8, 4) is 11.5 Å². The van der Waals surface area contributed by atoms with Gasteiger partial charge in [0, 0.05) is 25.3 Å². The lowest BCUT2D eigenvalue weighted by molar-refractivity contribution is -0.132. The predicted molar refractivity (Wildman–Crippen MR) is 79.4 cm³/mol. The minimum absolute atomic E-state index is 0.101. The molecular formula is C17H20O4. The van der Waals surface area contributed by atoms with Gasteiger partial charge in [0.05, 0.1) is 0 Å². The topological polar surface area (TPSA) is 52.6 Å². The molecule has 0 fully saturated rings. The third-order valence-electron chi connectivity index (χ3n) is 3.48. The van der Waals surface area contributed by atoms with E-state index in [4.69, 9.17) is 9.47 Å². The third kappa shape index (κ3) is 3.94. The summed E-state index contributed by atoms with van der Waals surface area (Å²) in [6, 6.07) is 5.20. The van der Waals surface area contributed by atoms with Crippen LogP contribution in [0, 0.1) is 0 Å². The van der Waals surface area contributed by atoms with Crippen molar-refractivity contribution in [1.29, 1.82) is 0 Å². The molecule has 0 radical (unpaired) electrons. The van der Waals surface area contributed by atoms with E-state index in [9.17, 15) is 9.59 Å². The number of carbonyl (C=O) groups is 2. The van der Waals surface area contributed by atoms with Crippen LogP contribution in [0.5, 0.6) is 11.5 Å². The molecule has 2 rings (SSSR count). The summed E-state index contributed by atoms with van der Waals surface area (Å²) < 4.78 is 10.6. The van der Waals surface area contributed by atoms with E-state index in [0.29, 0.717) is 11.5 Å². The highest BCUT2D eigenvalue weighted by Crippen LogP contribution is 2.41. The van der Waals surface area contributed by atoms with E-state index in [2.05, 4.69) is 13.0 Å². The van der Waals surface area contributed by atoms with Crippen LogP contribution in [0.1, 0.15) is 51.5 Å². The molecule has 0 spiro atoms. The summed E-state index contributed by atoms with van der Waals surface area (Å²) in [6.07, 6.45) is 5.26. The Morgan fingerprint density at radius 1 is 1.10 bits per heavy atom. The zero-order valence-electron chi connectivity index (χ0n) is 12.6. The van der Waals surface area contributed by atoms with Crippen LogP contribution in [0.25, 0.3) is 0 Å². The first-order chi connectivity index (χ1) is 9.97. The maximum absolute atomic E-state index is 11.3. The molecule has 1 atom stereocenters. The standard InChI is InChI=1S/C17H20O4/c1-11-6-4-7-14(10-11)17-15(20-12(2)18)8-5-9-16(17)21-13(3)19/h5,8-10,14H,4,6-7H2,1-3H3. The summed E-state index contributed by atoms with van der Waals surface area (Å²) in [5.74, 6) is 0.276. The van der Waals surface area contributed by atoms with Crippen molar-refractivity contribution in [3.05, 3.63) is 35.4 Å². The van der Waals surface area contributed by atoms with Crippen LogP contribution < -0.4 is 9.47 Å². The van der Waals surface area contributed by atoms with E-state index >= 15 is 0 Å². The number of allylic oxidation sites excluding steroid dienone is 2. The normalized spacial score (nSPS) is 17.9. The summed E-state index contributed by atoms with van der Waals surface area (Å²) in [5, 5.41) is 0. The van der Waals surface area contributed by atoms with E-state index in [1.165, 1.54) is 19.4 Å². The van der Waals surface area contributed by atoms with E-state index < -0.39 is 0 Å². The predicted octanol–water partition coefficient (Wildman–Crippen LogP) is 3.75. The second-order valence-electron chi connectivity index (χ2n) is 5.37.